The van der Waals surface area contributed by atoms with Crippen LogP contribution in [0, 0.1) is 5.92 Å². The van der Waals surface area contributed by atoms with E-state index in [0.717, 1.165) is 19.3 Å². The van der Waals surface area contributed by atoms with E-state index >= 15 is 0 Å². The molecule has 0 aromatic rings. The molecule has 1 saturated heterocycles. The molecule has 0 aromatic carbocycles. The number of fused-ring (bicyclic) bond motifs is 1. The van der Waals surface area contributed by atoms with E-state index in [-0.39, 0.29) is 18.0 Å². The summed E-state index contributed by atoms with van der Waals surface area (Å²) in [6.45, 7) is 4.23. The molecular weight excluding hydrogens is 176 g/mol. The molecule has 14 heavy (non-hydrogen) atoms. The van der Waals surface area contributed by atoms with Crippen molar-refractivity contribution >= 4 is 5.97 Å². The highest BCUT2D eigenvalue weighted by Crippen LogP contribution is 2.43. The smallest absolute Gasteiger partial charge is 0.317 e. The molecule has 0 bridgehead atoms. The van der Waals surface area contributed by atoms with Gasteiger partial charge in [0.25, 0.3) is 0 Å². The number of carbonyl (C=O) groups is 1. The molecule has 76 valence electrons. The maximum Gasteiger partial charge on any atom is 0.317 e. The highest BCUT2D eigenvalue weighted by atomic mass is 16.6. The van der Waals surface area contributed by atoms with Crippen LogP contribution in [0.25, 0.3) is 0 Å². The standard InChI is InChI=1S/C12H16O2/c1-3-4-5-6-9-8(2)7-10-11(9)12(13)14-10/h4-5,10-11H,3,6-7H2,1-2H3/b5-4-. The first kappa shape index (κ1) is 9.50. The lowest BCUT2D eigenvalue weighted by Crippen LogP contribution is -2.42. The van der Waals surface area contributed by atoms with E-state index in [1.165, 1.54) is 11.1 Å². The van der Waals surface area contributed by atoms with Gasteiger partial charge in [-0.05, 0) is 25.3 Å². The topological polar surface area (TPSA) is 26.3 Å². The van der Waals surface area contributed by atoms with E-state index in [1.807, 2.05) is 0 Å². The Morgan fingerprint density at radius 3 is 2.93 bits per heavy atom. The number of rotatable bonds is 3. The van der Waals surface area contributed by atoms with Crippen LogP contribution in [0.2, 0.25) is 0 Å². The SMILES string of the molecule is CC/C=C\CC1=C(C)CC2OC(=O)C12. The summed E-state index contributed by atoms with van der Waals surface area (Å²) < 4.78 is 5.07. The molecule has 2 aliphatic rings. The van der Waals surface area contributed by atoms with Crippen molar-refractivity contribution in [2.75, 3.05) is 0 Å². The molecular formula is C12H16O2. The van der Waals surface area contributed by atoms with Crippen molar-refractivity contribution < 1.29 is 9.53 Å². The average Bonchev–Trinajstić information content (AvgIpc) is 2.39. The van der Waals surface area contributed by atoms with Gasteiger partial charge >= 0.3 is 5.97 Å². The van der Waals surface area contributed by atoms with Gasteiger partial charge in [0.15, 0.2) is 0 Å². The van der Waals surface area contributed by atoms with E-state index < -0.39 is 0 Å². The minimum absolute atomic E-state index is 0.0215. The molecule has 1 aliphatic carbocycles. The zero-order valence-corrected chi connectivity index (χ0v) is 8.75. The van der Waals surface area contributed by atoms with Gasteiger partial charge in [0.1, 0.15) is 12.0 Å². The first-order valence-corrected chi connectivity index (χ1v) is 5.28. The molecule has 2 heteroatoms. The van der Waals surface area contributed by atoms with Crippen molar-refractivity contribution in [3.8, 4) is 0 Å². The molecule has 2 rings (SSSR count). The largest absolute Gasteiger partial charge is 0.460 e. The number of carbonyl (C=O) groups excluding carboxylic acids is 1. The second-order valence-electron chi connectivity index (χ2n) is 4.05. The average molecular weight is 192 g/mol. The van der Waals surface area contributed by atoms with Crippen molar-refractivity contribution in [2.24, 2.45) is 5.92 Å². The van der Waals surface area contributed by atoms with Crippen LogP contribution >= 0.6 is 0 Å². The summed E-state index contributed by atoms with van der Waals surface area (Å²) in [5, 5.41) is 0. The molecule has 1 aliphatic heterocycles. The van der Waals surface area contributed by atoms with Crippen molar-refractivity contribution in [1.29, 1.82) is 0 Å². The zero-order valence-electron chi connectivity index (χ0n) is 8.75. The van der Waals surface area contributed by atoms with E-state index in [9.17, 15) is 4.79 Å². The Bertz CT molecular complexity index is 312. The van der Waals surface area contributed by atoms with Crippen molar-refractivity contribution in [3.05, 3.63) is 23.3 Å². The van der Waals surface area contributed by atoms with Crippen molar-refractivity contribution in [1.82, 2.24) is 0 Å². The summed E-state index contributed by atoms with van der Waals surface area (Å²) in [6, 6.07) is 0. The van der Waals surface area contributed by atoms with Gasteiger partial charge in [-0.1, -0.05) is 24.6 Å². The third kappa shape index (κ3) is 1.39. The molecule has 0 aromatic heterocycles. The Morgan fingerprint density at radius 1 is 1.50 bits per heavy atom. The zero-order chi connectivity index (χ0) is 10.1. The first-order valence-electron chi connectivity index (χ1n) is 5.28. The fraction of sp³-hybridized carbons (Fsp3) is 0.583. The molecule has 0 saturated carbocycles. The number of allylic oxidation sites excluding steroid dienone is 2. The van der Waals surface area contributed by atoms with Gasteiger partial charge in [0, 0.05) is 6.42 Å². The summed E-state index contributed by atoms with van der Waals surface area (Å²) in [4.78, 5) is 11.2. The Morgan fingerprint density at radius 2 is 2.29 bits per heavy atom. The van der Waals surface area contributed by atoms with E-state index in [0.29, 0.717) is 0 Å². The van der Waals surface area contributed by atoms with Crippen LogP contribution in [0.3, 0.4) is 0 Å². The minimum atomic E-state index is -0.0215. The lowest BCUT2D eigenvalue weighted by Gasteiger charge is -2.31. The Kier molecular flexibility index (Phi) is 2.44. The molecule has 1 heterocycles. The molecule has 0 spiro atoms. The van der Waals surface area contributed by atoms with Gasteiger partial charge in [-0.15, -0.1) is 0 Å². The second-order valence-corrected chi connectivity index (χ2v) is 4.05. The van der Waals surface area contributed by atoms with E-state index in [1.54, 1.807) is 0 Å². The van der Waals surface area contributed by atoms with Gasteiger partial charge in [0.2, 0.25) is 0 Å². The predicted molar refractivity (Wildman–Crippen MR) is 54.7 cm³/mol. The first-order chi connectivity index (χ1) is 6.74. The van der Waals surface area contributed by atoms with Crippen LogP contribution < -0.4 is 0 Å². The highest BCUT2D eigenvalue weighted by molar-refractivity contribution is 5.83. The van der Waals surface area contributed by atoms with Crippen LogP contribution in [0.15, 0.2) is 23.3 Å². The third-order valence-electron chi connectivity index (χ3n) is 3.06. The van der Waals surface area contributed by atoms with E-state index in [4.69, 9.17) is 4.74 Å². The van der Waals surface area contributed by atoms with E-state index in [2.05, 4.69) is 26.0 Å². The van der Waals surface area contributed by atoms with Crippen LogP contribution in [0.1, 0.15) is 33.1 Å². The van der Waals surface area contributed by atoms with Gasteiger partial charge in [-0.2, -0.15) is 0 Å². The van der Waals surface area contributed by atoms with Gasteiger partial charge in [0.05, 0.1) is 0 Å². The summed E-state index contributed by atoms with van der Waals surface area (Å²) >= 11 is 0. The lowest BCUT2D eigenvalue weighted by molar-refractivity contribution is -0.177. The van der Waals surface area contributed by atoms with Crippen molar-refractivity contribution in [2.45, 2.75) is 39.2 Å². The molecule has 2 atom stereocenters. The van der Waals surface area contributed by atoms with Gasteiger partial charge < -0.3 is 4.74 Å². The lowest BCUT2D eigenvalue weighted by atomic mass is 9.92. The minimum Gasteiger partial charge on any atom is -0.460 e. The monoisotopic (exact) mass is 192 g/mol. The van der Waals surface area contributed by atoms with Crippen molar-refractivity contribution in [3.63, 3.8) is 0 Å². The highest BCUT2D eigenvalue weighted by Gasteiger charge is 2.48. The summed E-state index contributed by atoms with van der Waals surface area (Å²) in [5.41, 5.74) is 2.66. The Labute approximate surface area is 84.6 Å². The quantitative estimate of drug-likeness (QED) is 0.507. The molecule has 0 radical (unpaired) electrons. The van der Waals surface area contributed by atoms with Gasteiger partial charge in [-0.3, -0.25) is 4.79 Å². The maximum atomic E-state index is 11.2. The van der Waals surface area contributed by atoms with Gasteiger partial charge in [-0.25, -0.2) is 0 Å². The van der Waals surface area contributed by atoms with Crippen LogP contribution in [-0.2, 0) is 9.53 Å². The third-order valence-corrected chi connectivity index (χ3v) is 3.06. The predicted octanol–water partition coefficient (Wildman–Crippen LogP) is 2.60. The molecule has 1 fully saturated rings. The normalized spacial score (nSPS) is 30.6. The Balaban J connectivity index is 2.05. The summed E-state index contributed by atoms with van der Waals surface area (Å²) in [7, 11) is 0. The Hall–Kier alpha value is -1.05. The van der Waals surface area contributed by atoms with Crippen LogP contribution in [0.5, 0.6) is 0 Å². The molecule has 0 amide bonds. The second kappa shape index (κ2) is 3.60. The fourth-order valence-electron chi connectivity index (χ4n) is 2.27. The number of hydrogen-bond acceptors (Lipinski definition) is 2. The molecule has 2 nitrogen and oxygen atoms in total. The van der Waals surface area contributed by atoms with Crippen LogP contribution in [-0.4, -0.2) is 12.1 Å². The van der Waals surface area contributed by atoms with Crippen LogP contribution in [0.4, 0.5) is 0 Å². The number of esters is 1. The molecule has 0 N–H and O–H groups in total. The molecule has 2 unspecified atom stereocenters. The fourth-order valence-corrected chi connectivity index (χ4v) is 2.27. The number of ether oxygens (including phenoxy) is 1. The summed E-state index contributed by atoms with van der Waals surface area (Å²) in [5.74, 6) is 0.0725. The number of hydrogen-bond donors (Lipinski definition) is 0. The summed E-state index contributed by atoms with van der Waals surface area (Å²) in [6.07, 6.45) is 7.42. The maximum absolute atomic E-state index is 11.2.